The van der Waals surface area contributed by atoms with E-state index in [2.05, 4.69) is 90.1 Å². The van der Waals surface area contributed by atoms with Crippen molar-refractivity contribution >= 4 is 17.5 Å². The molecule has 0 bridgehead atoms. The Morgan fingerprint density at radius 2 is 1.68 bits per heavy atom. The fraction of sp³-hybridized carbons (Fsp3) is 0.606. The third kappa shape index (κ3) is 8.09. The van der Waals surface area contributed by atoms with Gasteiger partial charge in [0.05, 0.1) is 18.5 Å². The molecule has 0 aromatic heterocycles. The molecule has 3 atom stereocenters. The van der Waals surface area contributed by atoms with Crippen molar-refractivity contribution in [2.45, 2.75) is 83.6 Å². The number of allylic oxidation sites excluding steroid dienone is 5. The van der Waals surface area contributed by atoms with Crippen LogP contribution >= 0.6 is 11.8 Å². The molecule has 0 saturated heterocycles. The summed E-state index contributed by atoms with van der Waals surface area (Å²) in [6.45, 7) is 14.7. The molecule has 1 fully saturated rings. The van der Waals surface area contributed by atoms with Gasteiger partial charge in [-0.25, -0.2) is 0 Å². The first kappa shape index (κ1) is 30.7. The molecule has 0 radical (unpaired) electrons. The molecule has 3 unspecified atom stereocenters. The Kier molecular flexibility index (Phi) is 11.3. The van der Waals surface area contributed by atoms with Gasteiger partial charge in [0.1, 0.15) is 5.78 Å². The normalized spacial score (nSPS) is 23.5. The first-order valence-electron chi connectivity index (χ1n) is 14.4. The number of Topliss-reactive ketones (excluding diaryl/α,β-unsaturated/α-hetero) is 1. The van der Waals surface area contributed by atoms with Gasteiger partial charge in [-0.2, -0.15) is 0 Å². The number of carbonyl (C=O) groups is 1. The first-order chi connectivity index (χ1) is 18.1. The van der Waals surface area contributed by atoms with Gasteiger partial charge in [0, 0.05) is 31.0 Å². The summed E-state index contributed by atoms with van der Waals surface area (Å²) in [5, 5.41) is 18.7. The highest BCUT2D eigenvalue weighted by atomic mass is 32.2. The van der Waals surface area contributed by atoms with Crippen molar-refractivity contribution < 1.29 is 15.0 Å². The van der Waals surface area contributed by atoms with E-state index in [0.29, 0.717) is 43.0 Å². The van der Waals surface area contributed by atoms with Gasteiger partial charge in [-0.3, -0.25) is 4.79 Å². The van der Waals surface area contributed by atoms with Crippen LogP contribution in [0.1, 0.15) is 89.3 Å². The number of thioether (sulfide) groups is 1. The Labute approximate surface area is 235 Å². The molecule has 0 amide bonds. The third-order valence-corrected chi connectivity index (χ3v) is 9.30. The van der Waals surface area contributed by atoms with Gasteiger partial charge in [0.25, 0.3) is 0 Å². The number of ketones is 1. The van der Waals surface area contributed by atoms with Crippen LogP contribution in [0.15, 0.2) is 54.3 Å². The number of hydrogen-bond donors (Lipinski definition) is 2. The highest BCUT2D eigenvalue weighted by Crippen LogP contribution is 2.44. The fourth-order valence-corrected chi connectivity index (χ4v) is 7.34. The smallest absolute Gasteiger partial charge is 0.146 e. The van der Waals surface area contributed by atoms with E-state index in [4.69, 9.17) is 0 Å². The summed E-state index contributed by atoms with van der Waals surface area (Å²) in [5.74, 6) is 2.71. The standard InChI is InChI=1S/C33H49NO3S/c1-23(2)28-8-7-9-29(24(3)4)30(28)22-38-32-26(20-33(5,6)21-31(32)37)13-10-25-11-14-27(15-12-25)34(16-18-35)17-19-36/h7-11,13-15,23-26,32,35-36H,12,16-22H2,1-6H3/b13-10+. The SMILES string of the molecule is CC(C)c1cccc(C(C)C)c1CSC1C(=O)CC(C)(C)CC1/C=C/C1C=CC(N(CCO)CCO)=CC1. The van der Waals surface area contributed by atoms with Gasteiger partial charge >= 0.3 is 0 Å². The molecular formula is C33H49NO3S. The molecule has 5 heteroatoms. The van der Waals surface area contributed by atoms with E-state index in [1.165, 1.54) is 16.7 Å². The van der Waals surface area contributed by atoms with Crippen LogP contribution in [0.2, 0.25) is 0 Å². The number of hydrogen-bond acceptors (Lipinski definition) is 5. The van der Waals surface area contributed by atoms with Crippen LogP contribution in [0.3, 0.4) is 0 Å². The van der Waals surface area contributed by atoms with Crippen LogP contribution < -0.4 is 0 Å². The quantitative estimate of drug-likeness (QED) is 0.285. The van der Waals surface area contributed by atoms with E-state index >= 15 is 0 Å². The van der Waals surface area contributed by atoms with E-state index in [1.807, 2.05) is 16.7 Å². The van der Waals surface area contributed by atoms with Crippen molar-refractivity contribution in [3.63, 3.8) is 0 Å². The summed E-state index contributed by atoms with van der Waals surface area (Å²) >= 11 is 1.85. The van der Waals surface area contributed by atoms with Gasteiger partial charge in [0.15, 0.2) is 0 Å². The molecule has 210 valence electrons. The molecule has 4 nitrogen and oxygen atoms in total. The molecule has 38 heavy (non-hydrogen) atoms. The number of benzene rings is 1. The van der Waals surface area contributed by atoms with Crippen molar-refractivity contribution in [2.75, 3.05) is 26.3 Å². The molecule has 2 N–H and O–H groups in total. The highest BCUT2D eigenvalue weighted by molar-refractivity contribution is 7.99. The molecule has 2 aliphatic carbocycles. The number of rotatable bonds is 12. The lowest BCUT2D eigenvalue weighted by atomic mass is 9.71. The first-order valence-corrected chi connectivity index (χ1v) is 15.4. The van der Waals surface area contributed by atoms with Gasteiger partial charge in [0.2, 0.25) is 0 Å². The second-order valence-corrected chi connectivity index (χ2v) is 13.5. The largest absolute Gasteiger partial charge is 0.395 e. The number of aliphatic hydroxyl groups is 2. The van der Waals surface area contributed by atoms with Crippen LogP contribution in [-0.2, 0) is 10.5 Å². The molecule has 2 aliphatic rings. The summed E-state index contributed by atoms with van der Waals surface area (Å²) in [6.07, 6.45) is 13.7. The Bertz CT molecular complexity index is 991. The lowest BCUT2D eigenvalue weighted by Gasteiger charge is -2.38. The van der Waals surface area contributed by atoms with Crippen LogP contribution in [0, 0.1) is 17.3 Å². The highest BCUT2D eigenvalue weighted by Gasteiger charge is 2.40. The van der Waals surface area contributed by atoms with Crippen LogP contribution in [0.5, 0.6) is 0 Å². The van der Waals surface area contributed by atoms with Crippen molar-refractivity contribution in [1.82, 2.24) is 4.90 Å². The second-order valence-electron chi connectivity index (χ2n) is 12.3. The van der Waals surface area contributed by atoms with E-state index < -0.39 is 0 Å². The summed E-state index contributed by atoms with van der Waals surface area (Å²) < 4.78 is 0. The minimum Gasteiger partial charge on any atom is -0.395 e. The molecule has 1 saturated carbocycles. The average Bonchev–Trinajstić information content (AvgIpc) is 2.86. The van der Waals surface area contributed by atoms with Crippen molar-refractivity contribution in [3.8, 4) is 0 Å². The number of nitrogens with zero attached hydrogens (tertiary/aromatic N) is 1. The predicted molar refractivity (Wildman–Crippen MR) is 161 cm³/mol. The Hall–Kier alpha value is -1.82. The van der Waals surface area contributed by atoms with Gasteiger partial charge in [-0.05, 0) is 64.7 Å². The second kappa shape index (κ2) is 14.0. The molecule has 3 rings (SSSR count). The Balaban J connectivity index is 1.76. The lowest BCUT2D eigenvalue weighted by molar-refractivity contribution is -0.123. The van der Waals surface area contributed by atoms with Crippen molar-refractivity contribution in [2.24, 2.45) is 17.3 Å². The topological polar surface area (TPSA) is 60.8 Å². The summed E-state index contributed by atoms with van der Waals surface area (Å²) in [7, 11) is 0. The zero-order valence-corrected chi connectivity index (χ0v) is 25.1. The van der Waals surface area contributed by atoms with Crippen molar-refractivity contribution in [3.05, 3.63) is 71.0 Å². The maximum absolute atomic E-state index is 13.4. The monoisotopic (exact) mass is 539 g/mol. The average molecular weight is 540 g/mol. The molecule has 0 spiro atoms. The Morgan fingerprint density at radius 1 is 1.05 bits per heavy atom. The van der Waals surface area contributed by atoms with E-state index in [1.54, 1.807) is 0 Å². The molecule has 1 aromatic rings. The van der Waals surface area contributed by atoms with Gasteiger partial charge in [-0.1, -0.05) is 84.0 Å². The molecule has 0 aliphatic heterocycles. The Morgan fingerprint density at radius 3 is 2.21 bits per heavy atom. The van der Waals surface area contributed by atoms with E-state index in [0.717, 1.165) is 24.3 Å². The zero-order valence-electron chi connectivity index (χ0n) is 24.3. The van der Waals surface area contributed by atoms with Crippen LogP contribution in [0.4, 0.5) is 0 Å². The fourth-order valence-electron chi connectivity index (χ4n) is 5.96. The van der Waals surface area contributed by atoms with E-state index in [9.17, 15) is 15.0 Å². The summed E-state index contributed by atoms with van der Waals surface area (Å²) in [6, 6.07) is 6.70. The lowest BCUT2D eigenvalue weighted by Crippen LogP contribution is -2.38. The predicted octanol–water partition coefficient (Wildman–Crippen LogP) is 6.84. The van der Waals surface area contributed by atoms with Crippen LogP contribution in [0.25, 0.3) is 0 Å². The minimum atomic E-state index is -0.0113. The number of carbonyl (C=O) groups excluding carboxylic acids is 1. The maximum Gasteiger partial charge on any atom is 0.146 e. The summed E-state index contributed by atoms with van der Waals surface area (Å²) in [5.41, 5.74) is 5.32. The van der Waals surface area contributed by atoms with Crippen molar-refractivity contribution in [1.29, 1.82) is 0 Å². The van der Waals surface area contributed by atoms with E-state index in [-0.39, 0.29) is 29.8 Å². The molecule has 1 aromatic carbocycles. The molecule has 0 heterocycles. The third-order valence-electron chi connectivity index (χ3n) is 7.87. The minimum absolute atomic E-state index is 0.0113. The van der Waals surface area contributed by atoms with Crippen LogP contribution in [-0.4, -0.2) is 52.4 Å². The van der Waals surface area contributed by atoms with Gasteiger partial charge < -0.3 is 15.1 Å². The molecular weight excluding hydrogens is 490 g/mol. The van der Waals surface area contributed by atoms with Gasteiger partial charge in [-0.15, -0.1) is 11.8 Å². The zero-order chi connectivity index (χ0) is 27.9. The number of aliphatic hydroxyl groups excluding tert-OH is 2. The summed E-state index contributed by atoms with van der Waals surface area (Å²) in [4.78, 5) is 15.5. The maximum atomic E-state index is 13.4.